The molecule has 126 valence electrons. The average Bonchev–Trinajstić information content (AvgIpc) is 2.52. The molecular weight excluding hydrogens is 350 g/mol. The first-order chi connectivity index (χ1) is 11.3. The van der Waals surface area contributed by atoms with Gasteiger partial charge in [0, 0.05) is 22.6 Å². The van der Waals surface area contributed by atoms with E-state index >= 15 is 0 Å². The monoisotopic (exact) mass is 365 g/mol. The molecule has 3 rings (SSSR count). The highest BCUT2D eigenvalue weighted by Gasteiger charge is 2.33. The van der Waals surface area contributed by atoms with E-state index in [0.717, 1.165) is 12.8 Å². The van der Waals surface area contributed by atoms with E-state index in [0.29, 0.717) is 28.4 Å². The van der Waals surface area contributed by atoms with Gasteiger partial charge in [-0.3, -0.25) is 14.5 Å². The van der Waals surface area contributed by atoms with E-state index in [2.05, 4.69) is 0 Å². The predicted octanol–water partition coefficient (Wildman–Crippen LogP) is 3.09. The lowest BCUT2D eigenvalue weighted by atomic mass is 9.92. The van der Waals surface area contributed by atoms with Gasteiger partial charge in [0.25, 0.3) is 15.0 Å². The molecule has 7 heteroatoms. The molecule has 0 radical (unpaired) electrons. The van der Waals surface area contributed by atoms with Gasteiger partial charge in [-0.15, -0.1) is 0 Å². The summed E-state index contributed by atoms with van der Waals surface area (Å²) in [5, 5.41) is 0.901. The van der Waals surface area contributed by atoms with Crippen LogP contribution in [0.4, 0.5) is 0 Å². The zero-order valence-corrected chi connectivity index (χ0v) is 14.7. The van der Waals surface area contributed by atoms with Crippen molar-refractivity contribution < 1.29 is 18.0 Å². The standard InChI is InChI=1S/C17H16ClNO4S/c1-2-3-8-19-15(20)10-11-9-14(24(18,22)23)12-6-4-5-7-13(12)16(11)17(19)21/h4-7,9H,2-3,8,10H2,1H3. The molecule has 0 unspecified atom stereocenters. The van der Waals surface area contributed by atoms with Crippen molar-refractivity contribution in [2.75, 3.05) is 6.54 Å². The summed E-state index contributed by atoms with van der Waals surface area (Å²) in [6.07, 6.45) is 1.60. The Kier molecular flexibility index (Phi) is 4.36. The van der Waals surface area contributed by atoms with E-state index in [1.165, 1.54) is 11.0 Å². The van der Waals surface area contributed by atoms with Crippen molar-refractivity contribution in [3.05, 3.63) is 41.5 Å². The minimum atomic E-state index is -3.99. The minimum Gasteiger partial charge on any atom is -0.278 e. The quantitative estimate of drug-likeness (QED) is 0.616. The van der Waals surface area contributed by atoms with Crippen LogP contribution in [0.1, 0.15) is 35.7 Å². The molecule has 1 aliphatic heterocycles. The van der Waals surface area contributed by atoms with Gasteiger partial charge >= 0.3 is 0 Å². The fourth-order valence-corrected chi connectivity index (χ4v) is 4.15. The highest BCUT2D eigenvalue weighted by Crippen LogP contribution is 2.34. The molecule has 0 N–H and O–H groups in total. The lowest BCUT2D eigenvalue weighted by molar-refractivity contribution is -0.128. The predicted molar refractivity (Wildman–Crippen MR) is 91.6 cm³/mol. The number of hydrogen-bond donors (Lipinski definition) is 0. The molecule has 24 heavy (non-hydrogen) atoms. The zero-order chi connectivity index (χ0) is 17.5. The minimum absolute atomic E-state index is 0.00493. The van der Waals surface area contributed by atoms with Crippen LogP contribution in [0.5, 0.6) is 0 Å². The van der Waals surface area contributed by atoms with Gasteiger partial charge in [0.2, 0.25) is 5.91 Å². The Hall–Kier alpha value is -1.92. The zero-order valence-electron chi connectivity index (χ0n) is 13.1. The van der Waals surface area contributed by atoms with Crippen LogP contribution < -0.4 is 0 Å². The summed E-state index contributed by atoms with van der Waals surface area (Å²) in [5.74, 6) is -0.682. The summed E-state index contributed by atoms with van der Waals surface area (Å²) in [4.78, 5) is 26.3. The summed E-state index contributed by atoms with van der Waals surface area (Å²) in [6.45, 7) is 2.36. The molecule has 0 fully saturated rings. The van der Waals surface area contributed by atoms with Gasteiger partial charge in [0.15, 0.2) is 0 Å². The Labute approximate surface area is 144 Å². The van der Waals surface area contributed by atoms with Crippen molar-refractivity contribution in [3.63, 3.8) is 0 Å². The maximum absolute atomic E-state index is 12.8. The normalized spacial score (nSPS) is 15.0. The van der Waals surface area contributed by atoms with Crippen molar-refractivity contribution in [2.24, 2.45) is 0 Å². The Morgan fingerprint density at radius 3 is 2.46 bits per heavy atom. The molecule has 2 aromatic rings. The van der Waals surface area contributed by atoms with Crippen LogP contribution >= 0.6 is 10.7 Å². The molecule has 0 aromatic heterocycles. The fraction of sp³-hybridized carbons (Fsp3) is 0.294. The molecule has 1 heterocycles. The molecule has 2 amide bonds. The molecule has 0 saturated carbocycles. The van der Waals surface area contributed by atoms with Crippen molar-refractivity contribution in [3.8, 4) is 0 Å². The number of carbonyl (C=O) groups excluding carboxylic acids is 2. The van der Waals surface area contributed by atoms with Gasteiger partial charge in [-0.05, 0) is 23.4 Å². The van der Waals surface area contributed by atoms with Gasteiger partial charge in [-0.2, -0.15) is 0 Å². The average molecular weight is 366 g/mol. The smallest absolute Gasteiger partial charge is 0.261 e. The number of fused-ring (bicyclic) bond motifs is 3. The lowest BCUT2D eigenvalue weighted by Gasteiger charge is -2.28. The first-order valence-electron chi connectivity index (χ1n) is 7.68. The molecule has 1 aliphatic rings. The number of rotatable bonds is 4. The van der Waals surface area contributed by atoms with Crippen LogP contribution in [0.15, 0.2) is 35.2 Å². The summed E-state index contributed by atoms with van der Waals surface area (Å²) >= 11 is 0. The number of nitrogens with zero attached hydrogens (tertiary/aromatic N) is 1. The van der Waals surface area contributed by atoms with Gasteiger partial charge < -0.3 is 0 Å². The number of halogens is 1. The van der Waals surface area contributed by atoms with Gasteiger partial charge in [-0.25, -0.2) is 8.42 Å². The summed E-state index contributed by atoms with van der Waals surface area (Å²) < 4.78 is 23.8. The molecule has 0 spiro atoms. The molecular formula is C17H16ClNO4S. The summed E-state index contributed by atoms with van der Waals surface area (Å²) in [6, 6.07) is 8.07. The largest absolute Gasteiger partial charge is 0.278 e. The van der Waals surface area contributed by atoms with Crippen molar-refractivity contribution in [1.29, 1.82) is 0 Å². The van der Waals surface area contributed by atoms with Gasteiger partial charge in [-0.1, -0.05) is 37.6 Å². The van der Waals surface area contributed by atoms with Crippen LogP contribution in [-0.4, -0.2) is 31.7 Å². The second-order valence-electron chi connectivity index (χ2n) is 5.77. The number of unbranched alkanes of at least 4 members (excludes halogenated alkanes) is 1. The van der Waals surface area contributed by atoms with E-state index in [-0.39, 0.29) is 23.1 Å². The maximum atomic E-state index is 12.8. The second-order valence-corrected chi connectivity index (χ2v) is 8.31. The number of benzene rings is 2. The number of imide groups is 1. The topological polar surface area (TPSA) is 71.5 Å². The number of amides is 2. The summed E-state index contributed by atoms with van der Waals surface area (Å²) in [7, 11) is 1.55. The van der Waals surface area contributed by atoms with Crippen molar-refractivity contribution in [2.45, 2.75) is 31.1 Å². The third kappa shape index (κ3) is 2.80. The van der Waals surface area contributed by atoms with Crippen molar-refractivity contribution >= 4 is 42.3 Å². The van der Waals surface area contributed by atoms with Crippen molar-refractivity contribution in [1.82, 2.24) is 4.90 Å². The molecule has 0 saturated heterocycles. The Balaban J connectivity index is 2.27. The Bertz CT molecular complexity index is 952. The number of hydrogen-bond acceptors (Lipinski definition) is 4. The number of carbonyl (C=O) groups is 2. The Morgan fingerprint density at radius 1 is 1.17 bits per heavy atom. The van der Waals surface area contributed by atoms with E-state index in [9.17, 15) is 18.0 Å². The molecule has 0 aliphatic carbocycles. The first-order valence-corrected chi connectivity index (χ1v) is 9.99. The van der Waals surface area contributed by atoms with E-state index in [1.807, 2.05) is 6.92 Å². The Morgan fingerprint density at radius 2 is 1.83 bits per heavy atom. The van der Waals surface area contributed by atoms with E-state index < -0.39 is 9.05 Å². The van der Waals surface area contributed by atoms with E-state index in [1.54, 1.807) is 24.3 Å². The lowest BCUT2D eigenvalue weighted by Crippen LogP contribution is -2.43. The van der Waals surface area contributed by atoms with Gasteiger partial charge in [0.1, 0.15) is 0 Å². The van der Waals surface area contributed by atoms with Crippen LogP contribution in [-0.2, 0) is 20.3 Å². The highest BCUT2D eigenvalue weighted by atomic mass is 35.7. The molecule has 0 atom stereocenters. The first kappa shape index (κ1) is 16.9. The molecule has 0 bridgehead atoms. The van der Waals surface area contributed by atoms with Gasteiger partial charge in [0.05, 0.1) is 16.9 Å². The van der Waals surface area contributed by atoms with Crippen LogP contribution in [0.2, 0.25) is 0 Å². The second kappa shape index (κ2) is 6.18. The third-order valence-corrected chi connectivity index (χ3v) is 5.55. The maximum Gasteiger partial charge on any atom is 0.261 e. The van der Waals surface area contributed by atoms with Crippen LogP contribution in [0.25, 0.3) is 10.8 Å². The van der Waals surface area contributed by atoms with Crippen LogP contribution in [0.3, 0.4) is 0 Å². The molecule has 5 nitrogen and oxygen atoms in total. The fourth-order valence-electron chi connectivity index (χ4n) is 3.04. The third-order valence-electron chi connectivity index (χ3n) is 4.19. The van der Waals surface area contributed by atoms with Crippen LogP contribution in [0, 0.1) is 0 Å². The highest BCUT2D eigenvalue weighted by molar-refractivity contribution is 8.14. The van der Waals surface area contributed by atoms with E-state index in [4.69, 9.17) is 10.7 Å². The SMILES string of the molecule is CCCCN1C(=O)Cc2cc(S(=O)(=O)Cl)c3ccccc3c2C1=O. The molecule has 2 aromatic carbocycles. The summed E-state index contributed by atoms with van der Waals surface area (Å²) in [5.41, 5.74) is 0.807.